The van der Waals surface area contributed by atoms with E-state index in [1.807, 2.05) is 11.8 Å². The molecular formula is C27H30ClFN4O4. The SMILES string of the molecule is CCOC(=O)C1=C(CN2CCN(C(=O)c3ccc(Cl)cc3)[C@H](C)C2)N(C)C(=O)N[C@H]1c1ccc(F)cc1. The molecule has 2 aromatic rings. The van der Waals surface area contributed by atoms with Gasteiger partial charge in [0.1, 0.15) is 5.82 Å². The second-order valence-electron chi connectivity index (χ2n) is 9.16. The third-order valence-electron chi connectivity index (χ3n) is 6.71. The number of nitrogens with zero attached hydrogens (tertiary/aromatic N) is 3. The van der Waals surface area contributed by atoms with Crippen molar-refractivity contribution in [3.05, 3.63) is 81.8 Å². The molecular weight excluding hydrogens is 499 g/mol. The number of likely N-dealkylation sites (N-methyl/N-ethyl adjacent to an activating group) is 1. The van der Waals surface area contributed by atoms with Crippen LogP contribution in [0.3, 0.4) is 0 Å². The molecule has 2 aliphatic rings. The fraction of sp³-hybridized carbons (Fsp3) is 0.370. The highest BCUT2D eigenvalue weighted by Crippen LogP contribution is 2.32. The topological polar surface area (TPSA) is 82.2 Å². The van der Waals surface area contributed by atoms with Gasteiger partial charge in [-0.2, -0.15) is 0 Å². The van der Waals surface area contributed by atoms with Crippen LogP contribution >= 0.6 is 11.6 Å². The lowest BCUT2D eigenvalue weighted by Crippen LogP contribution is -2.56. The van der Waals surface area contributed by atoms with E-state index in [2.05, 4.69) is 10.2 Å². The molecule has 0 saturated carbocycles. The van der Waals surface area contributed by atoms with E-state index in [-0.39, 0.29) is 24.6 Å². The summed E-state index contributed by atoms with van der Waals surface area (Å²) >= 11 is 5.96. The van der Waals surface area contributed by atoms with E-state index in [0.29, 0.717) is 53.6 Å². The fourth-order valence-electron chi connectivity index (χ4n) is 4.75. The van der Waals surface area contributed by atoms with E-state index in [1.54, 1.807) is 50.4 Å². The minimum atomic E-state index is -0.774. The van der Waals surface area contributed by atoms with Crippen molar-refractivity contribution < 1.29 is 23.5 Å². The van der Waals surface area contributed by atoms with Crippen LogP contribution in [-0.4, -0.2) is 78.5 Å². The van der Waals surface area contributed by atoms with Gasteiger partial charge in [-0.15, -0.1) is 0 Å². The predicted octanol–water partition coefficient (Wildman–Crippen LogP) is 3.84. The van der Waals surface area contributed by atoms with Crippen LogP contribution in [0.5, 0.6) is 0 Å². The molecule has 2 aromatic carbocycles. The number of benzene rings is 2. The Hall–Kier alpha value is -3.43. The lowest BCUT2D eigenvalue weighted by molar-refractivity contribution is -0.139. The quantitative estimate of drug-likeness (QED) is 0.576. The molecule has 0 spiro atoms. The zero-order chi connectivity index (χ0) is 26.7. The third kappa shape index (κ3) is 5.78. The standard InChI is InChI=1S/C27H30ClFN4O4/c1-4-37-26(35)23-22(31(3)27(36)30-24(23)18-7-11-21(29)12-8-18)16-32-13-14-33(17(2)15-32)25(34)19-5-9-20(28)10-6-19/h5-12,17,24H,4,13-16H2,1-3H3,(H,30,36)/t17-,24+/m1/s1. The number of carbonyl (C=O) groups excluding carboxylic acids is 3. The highest BCUT2D eigenvalue weighted by atomic mass is 35.5. The Labute approximate surface area is 220 Å². The molecule has 0 radical (unpaired) electrons. The summed E-state index contributed by atoms with van der Waals surface area (Å²) in [6, 6.07) is 11.3. The smallest absolute Gasteiger partial charge is 0.338 e. The molecule has 0 unspecified atom stereocenters. The number of urea groups is 1. The zero-order valence-corrected chi connectivity index (χ0v) is 21.8. The van der Waals surface area contributed by atoms with Crippen LogP contribution < -0.4 is 5.32 Å². The molecule has 0 aliphatic carbocycles. The average molecular weight is 529 g/mol. The number of nitrogens with one attached hydrogen (secondary N) is 1. The maximum Gasteiger partial charge on any atom is 0.338 e. The third-order valence-corrected chi connectivity index (χ3v) is 6.96. The molecule has 0 aromatic heterocycles. The van der Waals surface area contributed by atoms with Gasteiger partial charge in [-0.3, -0.25) is 14.6 Å². The first-order valence-corrected chi connectivity index (χ1v) is 12.6. The van der Waals surface area contributed by atoms with E-state index >= 15 is 0 Å². The molecule has 1 fully saturated rings. The molecule has 37 heavy (non-hydrogen) atoms. The molecule has 2 heterocycles. The van der Waals surface area contributed by atoms with Crippen molar-refractivity contribution in [3.63, 3.8) is 0 Å². The number of carbonyl (C=O) groups is 3. The van der Waals surface area contributed by atoms with Crippen LogP contribution in [-0.2, 0) is 9.53 Å². The second kappa shape index (κ2) is 11.3. The van der Waals surface area contributed by atoms with Crippen LogP contribution in [0, 0.1) is 5.82 Å². The lowest BCUT2D eigenvalue weighted by Gasteiger charge is -2.42. The normalized spacial score (nSPS) is 20.6. The fourth-order valence-corrected chi connectivity index (χ4v) is 4.88. The van der Waals surface area contributed by atoms with Gasteiger partial charge in [-0.1, -0.05) is 23.7 Å². The first kappa shape index (κ1) is 26.6. The average Bonchev–Trinajstić information content (AvgIpc) is 2.87. The highest BCUT2D eigenvalue weighted by molar-refractivity contribution is 6.30. The van der Waals surface area contributed by atoms with Gasteiger partial charge in [0.05, 0.1) is 18.2 Å². The molecule has 196 valence electrons. The maximum atomic E-state index is 13.6. The van der Waals surface area contributed by atoms with Crippen LogP contribution in [0.15, 0.2) is 59.8 Å². The minimum Gasteiger partial charge on any atom is -0.463 e. The Kier molecular flexibility index (Phi) is 8.14. The van der Waals surface area contributed by atoms with Crippen molar-refractivity contribution >= 4 is 29.5 Å². The van der Waals surface area contributed by atoms with Gasteiger partial charge in [0, 0.05) is 55.6 Å². The summed E-state index contributed by atoms with van der Waals surface area (Å²) in [4.78, 5) is 44.4. The summed E-state index contributed by atoms with van der Waals surface area (Å²) in [7, 11) is 1.61. The Balaban J connectivity index is 1.59. The number of halogens is 2. The van der Waals surface area contributed by atoms with Gasteiger partial charge in [0.15, 0.2) is 0 Å². The number of hydrogen-bond acceptors (Lipinski definition) is 5. The number of ether oxygens (including phenoxy) is 1. The molecule has 2 atom stereocenters. The van der Waals surface area contributed by atoms with Crippen molar-refractivity contribution in [2.24, 2.45) is 0 Å². The van der Waals surface area contributed by atoms with Crippen LogP contribution in [0.4, 0.5) is 9.18 Å². The van der Waals surface area contributed by atoms with Crippen molar-refractivity contribution in [1.29, 1.82) is 0 Å². The molecule has 1 N–H and O–H groups in total. The Morgan fingerprint density at radius 3 is 2.41 bits per heavy atom. The Morgan fingerprint density at radius 2 is 1.78 bits per heavy atom. The number of amides is 3. The van der Waals surface area contributed by atoms with Crippen LogP contribution in [0.1, 0.15) is 35.8 Å². The van der Waals surface area contributed by atoms with Gasteiger partial charge >= 0.3 is 12.0 Å². The first-order valence-electron chi connectivity index (χ1n) is 12.2. The van der Waals surface area contributed by atoms with E-state index in [9.17, 15) is 18.8 Å². The highest BCUT2D eigenvalue weighted by Gasteiger charge is 2.38. The van der Waals surface area contributed by atoms with Crippen LogP contribution in [0.25, 0.3) is 0 Å². The first-order chi connectivity index (χ1) is 17.7. The van der Waals surface area contributed by atoms with Crippen molar-refractivity contribution in [2.45, 2.75) is 25.9 Å². The van der Waals surface area contributed by atoms with Gasteiger partial charge in [0.25, 0.3) is 5.91 Å². The van der Waals surface area contributed by atoms with E-state index in [1.165, 1.54) is 17.0 Å². The molecule has 10 heteroatoms. The van der Waals surface area contributed by atoms with E-state index < -0.39 is 17.8 Å². The van der Waals surface area contributed by atoms with Crippen molar-refractivity contribution in [3.8, 4) is 0 Å². The molecule has 3 amide bonds. The molecule has 8 nitrogen and oxygen atoms in total. The van der Waals surface area contributed by atoms with Crippen LogP contribution in [0.2, 0.25) is 5.02 Å². The molecule has 2 aliphatic heterocycles. The summed E-state index contributed by atoms with van der Waals surface area (Å²) < 4.78 is 18.9. The largest absolute Gasteiger partial charge is 0.463 e. The summed E-state index contributed by atoms with van der Waals surface area (Å²) in [6.07, 6.45) is 0. The number of piperazine rings is 1. The minimum absolute atomic E-state index is 0.0687. The zero-order valence-electron chi connectivity index (χ0n) is 21.0. The van der Waals surface area contributed by atoms with E-state index in [0.717, 1.165) is 0 Å². The van der Waals surface area contributed by atoms with Gasteiger partial charge in [-0.05, 0) is 55.8 Å². The Morgan fingerprint density at radius 1 is 1.11 bits per heavy atom. The summed E-state index contributed by atoms with van der Waals surface area (Å²) in [5.74, 6) is -1.02. The monoisotopic (exact) mass is 528 g/mol. The second-order valence-corrected chi connectivity index (χ2v) is 9.60. The molecule has 4 rings (SSSR count). The van der Waals surface area contributed by atoms with Crippen molar-refractivity contribution in [2.75, 3.05) is 39.8 Å². The number of esters is 1. The van der Waals surface area contributed by atoms with E-state index in [4.69, 9.17) is 16.3 Å². The molecule has 0 bridgehead atoms. The van der Waals surface area contributed by atoms with Gasteiger partial charge < -0.3 is 15.0 Å². The molecule has 1 saturated heterocycles. The lowest BCUT2D eigenvalue weighted by atomic mass is 9.94. The van der Waals surface area contributed by atoms with Gasteiger partial charge in [-0.25, -0.2) is 14.0 Å². The summed E-state index contributed by atoms with van der Waals surface area (Å²) in [5, 5.41) is 3.41. The summed E-state index contributed by atoms with van der Waals surface area (Å²) in [5.41, 5.74) is 1.97. The van der Waals surface area contributed by atoms with Crippen molar-refractivity contribution in [1.82, 2.24) is 20.0 Å². The predicted molar refractivity (Wildman–Crippen MR) is 137 cm³/mol. The Bertz CT molecular complexity index is 1200. The maximum absolute atomic E-state index is 13.6. The summed E-state index contributed by atoms with van der Waals surface area (Å²) in [6.45, 7) is 5.76. The number of rotatable bonds is 6. The van der Waals surface area contributed by atoms with Gasteiger partial charge in [0.2, 0.25) is 0 Å². The number of hydrogen-bond donors (Lipinski definition) is 1.